The molecule has 0 bridgehead atoms. The lowest BCUT2D eigenvalue weighted by atomic mass is 10.1. The van der Waals surface area contributed by atoms with Crippen LogP contribution in [0.3, 0.4) is 0 Å². The summed E-state index contributed by atoms with van der Waals surface area (Å²) in [6, 6.07) is 4.14. The molecule has 1 unspecified atom stereocenters. The largest absolute Gasteiger partial charge is 0.374 e. The summed E-state index contributed by atoms with van der Waals surface area (Å²) in [7, 11) is 0. The summed E-state index contributed by atoms with van der Waals surface area (Å²) in [4.78, 5) is 11.8. The predicted octanol–water partition coefficient (Wildman–Crippen LogP) is 2.71. The number of aryl methyl sites for hydroxylation is 1. The van der Waals surface area contributed by atoms with Crippen LogP contribution in [0.15, 0.2) is 18.2 Å². The number of anilines is 1. The molecule has 0 aliphatic carbocycles. The Kier molecular flexibility index (Phi) is 5.13. The van der Waals surface area contributed by atoms with Crippen molar-refractivity contribution in [2.75, 3.05) is 11.9 Å². The Balaban J connectivity index is 2.58. The zero-order valence-electron chi connectivity index (χ0n) is 11.4. The second-order valence-electron chi connectivity index (χ2n) is 4.96. The van der Waals surface area contributed by atoms with Crippen LogP contribution in [-0.4, -0.2) is 18.5 Å². The third-order valence-electron chi connectivity index (χ3n) is 2.64. The Morgan fingerprint density at radius 1 is 1.33 bits per heavy atom. The molecule has 0 aromatic heterocycles. The molecule has 0 saturated carbocycles. The second kappa shape index (κ2) is 6.38. The van der Waals surface area contributed by atoms with E-state index in [-0.39, 0.29) is 17.8 Å². The lowest BCUT2D eigenvalue weighted by molar-refractivity contribution is -0.121. The van der Waals surface area contributed by atoms with Crippen molar-refractivity contribution in [3.63, 3.8) is 0 Å². The van der Waals surface area contributed by atoms with Crippen LogP contribution in [0.2, 0.25) is 0 Å². The van der Waals surface area contributed by atoms with E-state index in [1.165, 1.54) is 12.1 Å². The van der Waals surface area contributed by atoms with Crippen LogP contribution in [0.4, 0.5) is 10.1 Å². The number of amides is 1. The van der Waals surface area contributed by atoms with E-state index in [0.717, 1.165) is 11.3 Å². The fraction of sp³-hybridized carbons (Fsp3) is 0.500. The molecular weight excluding hydrogens is 231 g/mol. The molecule has 0 spiro atoms. The number of carbonyl (C=O) groups is 1. The zero-order valence-corrected chi connectivity index (χ0v) is 11.4. The summed E-state index contributed by atoms with van der Waals surface area (Å²) in [5, 5.41) is 5.94. The SMILES string of the molecule is Cc1cc(F)ccc1NC(C)C(=O)NCC(C)C. The topological polar surface area (TPSA) is 41.1 Å². The zero-order chi connectivity index (χ0) is 13.7. The van der Waals surface area contributed by atoms with E-state index in [2.05, 4.69) is 10.6 Å². The highest BCUT2D eigenvalue weighted by Gasteiger charge is 2.13. The van der Waals surface area contributed by atoms with Gasteiger partial charge in [0.05, 0.1) is 0 Å². The molecule has 0 aliphatic heterocycles. The first kappa shape index (κ1) is 14.5. The fourth-order valence-corrected chi connectivity index (χ4v) is 1.55. The Morgan fingerprint density at radius 3 is 2.56 bits per heavy atom. The molecule has 0 heterocycles. The molecule has 1 aromatic rings. The summed E-state index contributed by atoms with van der Waals surface area (Å²) in [5.74, 6) is 0.107. The van der Waals surface area contributed by atoms with Gasteiger partial charge in [0.15, 0.2) is 0 Å². The van der Waals surface area contributed by atoms with Gasteiger partial charge in [0.1, 0.15) is 11.9 Å². The van der Waals surface area contributed by atoms with Gasteiger partial charge in [0.25, 0.3) is 0 Å². The van der Waals surface area contributed by atoms with Gasteiger partial charge in [-0.05, 0) is 43.5 Å². The molecule has 100 valence electrons. The number of carbonyl (C=O) groups excluding carboxylic acids is 1. The Labute approximate surface area is 108 Å². The summed E-state index contributed by atoms with van der Waals surface area (Å²) < 4.78 is 12.9. The maximum atomic E-state index is 12.9. The quantitative estimate of drug-likeness (QED) is 0.846. The van der Waals surface area contributed by atoms with Gasteiger partial charge < -0.3 is 10.6 Å². The van der Waals surface area contributed by atoms with Crippen LogP contribution in [0.1, 0.15) is 26.3 Å². The van der Waals surface area contributed by atoms with Gasteiger partial charge in [0, 0.05) is 12.2 Å². The van der Waals surface area contributed by atoms with Crippen LogP contribution in [-0.2, 0) is 4.79 Å². The monoisotopic (exact) mass is 252 g/mol. The lowest BCUT2D eigenvalue weighted by Crippen LogP contribution is -2.39. The minimum absolute atomic E-state index is 0.0487. The van der Waals surface area contributed by atoms with E-state index in [1.54, 1.807) is 13.0 Å². The van der Waals surface area contributed by atoms with Crippen molar-refractivity contribution >= 4 is 11.6 Å². The highest BCUT2D eigenvalue weighted by Crippen LogP contribution is 2.16. The molecule has 0 saturated heterocycles. The molecule has 4 heteroatoms. The van der Waals surface area contributed by atoms with Crippen molar-refractivity contribution < 1.29 is 9.18 Å². The first-order chi connectivity index (χ1) is 8.40. The summed E-state index contributed by atoms with van der Waals surface area (Å²) in [5.41, 5.74) is 1.57. The Hall–Kier alpha value is -1.58. The fourth-order valence-electron chi connectivity index (χ4n) is 1.55. The van der Waals surface area contributed by atoms with Crippen molar-refractivity contribution in [3.8, 4) is 0 Å². The average molecular weight is 252 g/mol. The van der Waals surface area contributed by atoms with Crippen LogP contribution in [0, 0.1) is 18.7 Å². The predicted molar refractivity (Wildman–Crippen MR) is 72.1 cm³/mol. The standard InChI is InChI=1S/C14H21FN2O/c1-9(2)8-16-14(18)11(4)17-13-6-5-12(15)7-10(13)3/h5-7,9,11,17H,8H2,1-4H3,(H,16,18). The Bertz CT molecular complexity index is 418. The van der Waals surface area contributed by atoms with E-state index in [1.807, 2.05) is 20.8 Å². The van der Waals surface area contributed by atoms with Crippen LogP contribution in [0.5, 0.6) is 0 Å². The third-order valence-corrected chi connectivity index (χ3v) is 2.64. The average Bonchev–Trinajstić information content (AvgIpc) is 2.29. The van der Waals surface area contributed by atoms with E-state index in [9.17, 15) is 9.18 Å². The lowest BCUT2D eigenvalue weighted by Gasteiger charge is -2.17. The molecule has 2 N–H and O–H groups in total. The maximum absolute atomic E-state index is 12.9. The number of rotatable bonds is 5. The number of hydrogen-bond donors (Lipinski definition) is 2. The van der Waals surface area contributed by atoms with Crippen LogP contribution >= 0.6 is 0 Å². The molecule has 3 nitrogen and oxygen atoms in total. The molecule has 0 aliphatic rings. The van der Waals surface area contributed by atoms with E-state index >= 15 is 0 Å². The van der Waals surface area contributed by atoms with Gasteiger partial charge >= 0.3 is 0 Å². The first-order valence-corrected chi connectivity index (χ1v) is 6.20. The minimum Gasteiger partial charge on any atom is -0.374 e. The third kappa shape index (κ3) is 4.35. The van der Waals surface area contributed by atoms with Crippen molar-refractivity contribution in [2.45, 2.75) is 33.7 Å². The molecular formula is C14H21FN2O. The van der Waals surface area contributed by atoms with Crippen molar-refractivity contribution in [2.24, 2.45) is 5.92 Å². The molecule has 1 atom stereocenters. The number of nitrogens with one attached hydrogen (secondary N) is 2. The molecule has 1 aromatic carbocycles. The highest BCUT2D eigenvalue weighted by molar-refractivity contribution is 5.84. The molecule has 18 heavy (non-hydrogen) atoms. The molecule has 1 rings (SSSR count). The van der Waals surface area contributed by atoms with Crippen LogP contribution in [0.25, 0.3) is 0 Å². The van der Waals surface area contributed by atoms with Crippen molar-refractivity contribution in [1.82, 2.24) is 5.32 Å². The number of benzene rings is 1. The molecule has 1 amide bonds. The number of halogens is 1. The Morgan fingerprint density at radius 2 is 2.00 bits per heavy atom. The maximum Gasteiger partial charge on any atom is 0.242 e. The van der Waals surface area contributed by atoms with Crippen molar-refractivity contribution in [3.05, 3.63) is 29.6 Å². The summed E-state index contributed by atoms with van der Waals surface area (Å²) in [6.07, 6.45) is 0. The normalized spacial score (nSPS) is 12.3. The molecule has 0 radical (unpaired) electrons. The van der Waals surface area contributed by atoms with Crippen LogP contribution < -0.4 is 10.6 Å². The number of hydrogen-bond acceptors (Lipinski definition) is 2. The van der Waals surface area contributed by atoms with Gasteiger partial charge in [0.2, 0.25) is 5.91 Å². The van der Waals surface area contributed by atoms with Crippen molar-refractivity contribution in [1.29, 1.82) is 0 Å². The second-order valence-corrected chi connectivity index (χ2v) is 4.96. The van der Waals surface area contributed by atoms with E-state index in [0.29, 0.717) is 12.5 Å². The van der Waals surface area contributed by atoms with Gasteiger partial charge in [-0.25, -0.2) is 4.39 Å². The summed E-state index contributed by atoms with van der Waals surface area (Å²) >= 11 is 0. The minimum atomic E-state index is -0.340. The molecule has 0 fully saturated rings. The van der Waals surface area contributed by atoms with E-state index < -0.39 is 0 Å². The van der Waals surface area contributed by atoms with Gasteiger partial charge in [-0.1, -0.05) is 13.8 Å². The smallest absolute Gasteiger partial charge is 0.242 e. The first-order valence-electron chi connectivity index (χ1n) is 6.20. The van der Waals surface area contributed by atoms with Gasteiger partial charge in [-0.3, -0.25) is 4.79 Å². The van der Waals surface area contributed by atoms with Gasteiger partial charge in [-0.2, -0.15) is 0 Å². The summed E-state index contributed by atoms with van der Waals surface area (Å²) in [6.45, 7) is 8.35. The van der Waals surface area contributed by atoms with Gasteiger partial charge in [-0.15, -0.1) is 0 Å². The highest BCUT2D eigenvalue weighted by atomic mass is 19.1. The van der Waals surface area contributed by atoms with E-state index in [4.69, 9.17) is 0 Å².